The molecule has 0 spiro atoms. The molecule has 1 aromatic carbocycles. The van der Waals surface area contributed by atoms with Crippen molar-refractivity contribution in [1.82, 2.24) is 9.97 Å². The summed E-state index contributed by atoms with van der Waals surface area (Å²) in [6, 6.07) is 5.86. The Morgan fingerprint density at radius 2 is 2.12 bits per heavy atom. The van der Waals surface area contributed by atoms with E-state index in [1.807, 2.05) is 30.0 Å². The minimum absolute atomic E-state index is 0.156. The van der Waals surface area contributed by atoms with Crippen LogP contribution in [0.2, 0.25) is 0 Å². The van der Waals surface area contributed by atoms with Crippen molar-refractivity contribution in [3.63, 3.8) is 0 Å². The van der Waals surface area contributed by atoms with Gasteiger partial charge in [-0.1, -0.05) is 6.92 Å². The largest absolute Gasteiger partial charge is 0.385 e. The second-order valence-corrected chi connectivity index (χ2v) is 5.21. The summed E-state index contributed by atoms with van der Waals surface area (Å²) in [7, 11) is 0. The van der Waals surface area contributed by atoms with Gasteiger partial charge in [-0.15, -0.1) is 0 Å². The van der Waals surface area contributed by atoms with E-state index >= 15 is 0 Å². The van der Waals surface area contributed by atoms with Crippen LogP contribution in [0.3, 0.4) is 0 Å². The van der Waals surface area contributed by atoms with E-state index in [0.29, 0.717) is 0 Å². The first-order valence-electron chi connectivity index (χ1n) is 5.83. The third-order valence-corrected chi connectivity index (χ3v) is 3.50. The number of thioether (sulfide) groups is 1. The Labute approximate surface area is 104 Å². The first-order valence-corrected chi connectivity index (χ1v) is 6.98. The molecule has 0 unspecified atom stereocenters. The number of imidazole rings is 1. The van der Waals surface area contributed by atoms with E-state index < -0.39 is 0 Å². The molecule has 0 aliphatic rings. The third kappa shape index (κ3) is 3.30. The summed E-state index contributed by atoms with van der Waals surface area (Å²) in [4.78, 5) is 16.6. The molecule has 1 aromatic heterocycles. The van der Waals surface area contributed by atoms with Crippen LogP contribution in [-0.4, -0.2) is 28.0 Å². The summed E-state index contributed by atoms with van der Waals surface area (Å²) in [5, 5.41) is 3.36. The Kier molecular flexibility index (Phi) is 4.14. The van der Waals surface area contributed by atoms with Crippen LogP contribution in [0.4, 0.5) is 5.69 Å². The van der Waals surface area contributed by atoms with E-state index in [4.69, 9.17) is 0 Å². The Balaban J connectivity index is 1.92. The van der Waals surface area contributed by atoms with Gasteiger partial charge in [0.25, 0.3) is 0 Å². The second-order valence-electron chi connectivity index (χ2n) is 3.82. The first kappa shape index (κ1) is 12.1. The highest BCUT2D eigenvalue weighted by Gasteiger charge is 1.99. The maximum atomic E-state index is 11.1. The molecule has 2 rings (SSSR count). The van der Waals surface area contributed by atoms with Gasteiger partial charge in [-0.3, -0.25) is 0 Å². The van der Waals surface area contributed by atoms with E-state index in [1.54, 1.807) is 0 Å². The molecule has 2 aromatic rings. The van der Waals surface area contributed by atoms with Crippen LogP contribution in [0.5, 0.6) is 0 Å². The monoisotopic (exact) mass is 251 g/mol. The molecule has 1 heterocycles. The van der Waals surface area contributed by atoms with E-state index in [9.17, 15) is 4.79 Å². The number of rotatable bonds is 6. The number of hydrogen-bond acceptors (Lipinski definition) is 3. The van der Waals surface area contributed by atoms with Crippen LogP contribution in [0.25, 0.3) is 11.0 Å². The van der Waals surface area contributed by atoms with Crippen molar-refractivity contribution in [2.24, 2.45) is 0 Å². The highest BCUT2D eigenvalue weighted by molar-refractivity contribution is 7.99. The lowest BCUT2D eigenvalue weighted by atomic mass is 10.2. The van der Waals surface area contributed by atoms with Crippen LogP contribution >= 0.6 is 11.8 Å². The van der Waals surface area contributed by atoms with Gasteiger partial charge >= 0.3 is 5.69 Å². The maximum absolute atomic E-state index is 11.1. The highest BCUT2D eigenvalue weighted by Crippen LogP contribution is 2.14. The van der Waals surface area contributed by atoms with Crippen molar-refractivity contribution < 1.29 is 0 Å². The number of fused-ring (bicyclic) bond motifs is 1. The average molecular weight is 251 g/mol. The quantitative estimate of drug-likeness (QED) is 0.691. The molecule has 0 saturated heterocycles. The second kappa shape index (κ2) is 5.82. The van der Waals surface area contributed by atoms with Gasteiger partial charge in [0.1, 0.15) is 0 Å². The fraction of sp³-hybridized carbons (Fsp3) is 0.417. The molecule has 0 radical (unpaired) electrons. The van der Waals surface area contributed by atoms with Gasteiger partial charge in [-0.05, 0) is 36.1 Å². The molecule has 0 saturated carbocycles. The van der Waals surface area contributed by atoms with E-state index in [1.165, 1.54) is 11.5 Å². The summed E-state index contributed by atoms with van der Waals surface area (Å²) in [6.45, 7) is 3.14. The normalized spacial score (nSPS) is 10.9. The van der Waals surface area contributed by atoms with Crippen molar-refractivity contribution in [2.75, 3.05) is 23.4 Å². The number of aromatic amines is 2. The maximum Gasteiger partial charge on any atom is 0.323 e. The smallest absolute Gasteiger partial charge is 0.323 e. The fourth-order valence-electron chi connectivity index (χ4n) is 1.69. The Bertz CT molecular complexity index is 532. The summed E-state index contributed by atoms with van der Waals surface area (Å²) < 4.78 is 0. The van der Waals surface area contributed by atoms with Gasteiger partial charge in [0, 0.05) is 12.2 Å². The average Bonchev–Trinajstić information content (AvgIpc) is 2.68. The molecule has 0 bridgehead atoms. The van der Waals surface area contributed by atoms with Gasteiger partial charge < -0.3 is 15.3 Å². The zero-order valence-corrected chi connectivity index (χ0v) is 10.7. The number of nitrogens with one attached hydrogen (secondary N) is 3. The SMILES string of the molecule is CCSCCCNc1ccc2[nH]c(=O)[nH]c2c1. The standard InChI is InChI=1S/C12H17N3OS/c1-2-17-7-3-6-13-9-4-5-10-11(8-9)15-12(16)14-10/h4-5,8,13H,2-3,6-7H2,1H3,(H2,14,15,16). The molecule has 4 nitrogen and oxygen atoms in total. The molecular formula is C12H17N3OS. The number of anilines is 1. The number of H-pyrrole nitrogens is 2. The number of aromatic nitrogens is 2. The lowest BCUT2D eigenvalue weighted by Gasteiger charge is -2.05. The highest BCUT2D eigenvalue weighted by atomic mass is 32.2. The molecule has 92 valence electrons. The summed E-state index contributed by atoms with van der Waals surface area (Å²) >= 11 is 1.96. The predicted octanol–water partition coefficient (Wildman–Crippen LogP) is 2.41. The molecule has 5 heteroatoms. The molecule has 0 aliphatic heterocycles. The van der Waals surface area contributed by atoms with E-state index in [0.717, 1.165) is 29.7 Å². The van der Waals surface area contributed by atoms with Crippen LogP contribution in [0.15, 0.2) is 23.0 Å². The minimum atomic E-state index is -0.156. The third-order valence-electron chi connectivity index (χ3n) is 2.51. The first-order chi connectivity index (χ1) is 8.29. The van der Waals surface area contributed by atoms with Gasteiger partial charge in [-0.25, -0.2) is 4.79 Å². The molecule has 0 amide bonds. The Hall–Kier alpha value is -1.36. The van der Waals surface area contributed by atoms with Gasteiger partial charge in [-0.2, -0.15) is 11.8 Å². The van der Waals surface area contributed by atoms with Gasteiger partial charge in [0.05, 0.1) is 11.0 Å². The summed E-state index contributed by atoms with van der Waals surface area (Å²) in [5.74, 6) is 2.36. The van der Waals surface area contributed by atoms with Crippen LogP contribution < -0.4 is 11.0 Å². The Morgan fingerprint density at radius 3 is 2.94 bits per heavy atom. The summed E-state index contributed by atoms with van der Waals surface area (Å²) in [5.41, 5.74) is 2.59. The van der Waals surface area contributed by atoms with Crippen molar-refractivity contribution in [3.05, 3.63) is 28.7 Å². The zero-order chi connectivity index (χ0) is 12.1. The molecule has 17 heavy (non-hydrogen) atoms. The van der Waals surface area contributed by atoms with Crippen molar-refractivity contribution in [3.8, 4) is 0 Å². The lowest BCUT2D eigenvalue weighted by Crippen LogP contribution is -2.02. The van der Waals surface area contributed by atoms with E-state index in [2.05, 4.69) is 22.2 Å². The topological polar surface area (TPSA) is 60.7 Å². The number of hydrogen-bond donors (Lipinski definition) is 3. The number of benzene rings is 1. The van der Waals surface area contributed by atoms with Gasteiger partial charge in [0.15, 0.2) is 0 Å². The molecule has 3 N–H and O–H groups in total. The zero-order valence-electron chi connectivity index (χ0n) is 9.88. The van der Waals surface area contributed by atoms with Crippen LogP contribution in [-0.2, 0) is 0 Å². The van der Waals surface area contributed by atoms with Crippen molar-refractivity contribution in [2.45, 2.75) is 13.3 Å². The van der Waals surface area contributed by atoms with Crippen molar-refractivity contribution >= 4 is 28.5 Å². The molecule has 0 fully saturated rings. The Morgan fingerprint density at radius 1 is 1.29 bits per heavy atom. The van der Waals surface area contributed by atoms with E-state index in [-0.39, 0.29) is 5.69 Å². The summed E-state index contributed by atoms with van der Waals surface area (Å²) in [6.07, 6.45) is 1.15. The van der Waals surface area contributed by atoms with Crippen LogP contribution in [0, 0.1) is 0 Å². The predicted molar refractivity (Wildman–Crippen MR) is 75.0 cm³/mol. The van der Waals surface area contributed by atoms with Crippen molar-refractivity contribution in [1.29, 1.82) is 0 Å². The minimum Gasteiger partial charge on any atom is -0.385 e. The van der Waals surface area contributed by atoms with Crippen LogP contribution in [0.1, 0.15) is 13.3 Å². The fourth-order valence-corrected chi connectivity index (χ4v) is 2.33. The molecule has 0 atom stereocenters. The van der Waals surface area contributed by atoms with Gasteiger partial charge in [0.2, 0.25) is 0 Å². The lowest BCUT2D eigenvalue weighted by molar-refractivity contribution is 0.992. The molecule has 0 aliphatic carbocycles. The molecular weight excluding hydrogens is 234 g/mol.